The highest BCUT2D eigenvalue weighted by atomic mass is 16.6. The molecule has 1 N–H and O–H groups in total. The van der Waals surface area contributed by atoms with Crippen LogP contribution < -0.4 is 0 Å². The van der Waals surface area contributed by atoms with Crippen molar-refractivity contribution >= 4 is 17.9 Å². The largest absolute Gasteiger partial charge is 0.477 e. The molecule has 348 valence electrons. The molecule has 2 unspecified atom stereocenters. The molecule has 0 aromatic rings. The molecule has 0 radical (unpaired) electrons. The average Bonchev–Trinajstić information content (AvgIpc) is 3.22. The van der Waals surface area contributed by atoms with Crippen molar-refractivity contribution in [3.63, 3.8) is 0 Å². The molecule has 0 aromatic heterocycles. The Morgan fingerprint density at radius 1 is 0.492 bits per heavy atom. The molecule has 8 nitrogen and oxygen atoms in total. The van der Waals surface area contributed by atoms with Crippen molar-refractivity contribution in [3.8, 4) is 0 Å². The highest BCUT2D eigenvalue weighted by Crippen LogP contribution is 2.14. The van der Waals surface area contributed by atoms with E-state index in [2.05, 4.69) is 98.9 Å². The quantitative estimate of drug-likeness (QED) is 0.0283. The van der Waals surface area contributed by atoms with E-state index in [0.717, 1.165) is 96.3 Å². The third-order valence-corrected chi connectivity index (χ3v) is 10.3. The minimum absolute atomic E-state index is 0.0498. The predicted molar refractivity (Wildman–Crippen MR) is 256 cm³/mol. The topological polar surface area (TPSA) is 99.1 Å². The second kappa shape index (κ2) is 43.2. The van der Waals surface area contributed by atoms with Gasteiger partial charge in [-0.25, -0.2) is 4.79 Å². The maximum Gasteiger partial charge on any atom is 0.362 e. The lowest BCUT2D eigenvalue weighted by molar-refractivity contribution is -0.887. The van der Waals surface area contributed by atoms with Crippen LogP contribution in [0.4, 0.5) is 0 Å². The number of likely N-dealkylation sites (N-methyl/N-ethyl adjacent to an activating group) is 1. The number of rotatable bonds is 42. The first kappa shape index (κ1) is 57.5. The van der Waals surface area contributed by atoms with Crippen molar-refractivity contribution in [1.29, 1.82) is 0 Å². The van der Waals surface area contributed by atoms with Gasteiger partial charge in [-0.05, 0) is 83.5 Å². The van der Waals surface area contributed by atoms with Gasteiger partial charge in [0, 0.05) is 19.3 Å². The summed E-state index contributed by atoms with van der Waals surface area (Å²) in [5.74, 6) is -1.50. The molecular weight excluding hydrogens is 763 g/mol. The molecule has 0 aliphatic heterocycles. The minimum atomic E-state index is -0.881. The molecule has 0 rings (SSSR count). The molecule has 0 fully saturated rings. The maximum atomic E-state index is 12.7. The lowest BCUT2D eigenvalue weighted by Crippen LogP contribution is -2.50. The van der Waals surface area contributed by atoms with E-state index in [1.54, 1.807) is 0 Å². The molecule has 0 aliphatic carbocycles. The summed E-state index contributed by atoms with van der Waals surface area (Å²) in [5.41, 5.74) is 0. The van der Waals surface area contributed by atoms with Gasteiger partial charge in [0.1, 0.15) is 6.61 Å². The van der Waals surface area contributed by atoms with Crippen molar-refractivity contribution in [1.82, 2.24) is 0 Å². The van der Waals surface area contributed by atoms with Gasteiger partial charge in [-0.2, -0.15) is 0 Å². The SMILES string of the molecule is CC/C=C/C/C=C/C/C=C/C/C=C/C/C=C/CCCCCCCCCC(=O)OCC(COCCC(C(=O)O)[N+](C)(C)C)OC(=O)CCCCCCCCC/C=C/C/C=C/CC. The van der Waals surface area contributed by atoms with E-state index in [1.807, 2.05) is 21.1 Å². The molecule has 0 saturated heterocycles. The van der Waals surface area contributed by atoms with Crippen molar-refractivity contribution in [3.05, 3.63) is 85.1 Å². The van der Waals surface area contributed by atoms with Crippen LogP contribution in [0.5, 0.6) is 0 Å². The molecule has 8 heteroatoms. The fourth-order valence-corrected chi connectivity index (χ4v) is 6.63. The number of nitrogens with zero attached hydrogens (tertiary/aromatic N) is 1. The van der Waals surface area contributed by atoms with Gasteiger partial charge < -0.3 is 23.8 Å². The Bertz CT molecular complexity index is 1270. The molecule has 0 aromatic carbocycles. The van der Waals surface area contributed by atoms with Crippen LogP contribution >= 0.6 is 0 Å². The molecule has 0 bridgehead atoms. The van der Waals surface area contributed by atoms with Crippen LogP contribution in [0.1, 0.15) is 181 Å². The zero-order valence-electron chi connectivity index (χ0n) is 39.6. The van der Waals surface area contributed by atoms with Gasteiger partial charge in [-0.3, -0.25) is 9.59 Å². The molecule has 2 atom stereocenters. The first-order valence-electron chi connectivity index (χ1n) is 24.1. The first-order valence-corrected chi connectivity index (χ1v) is 24.1. The number of aliphatic carboxylic acids is 1. The fourth-order valence-electron chi connectivity index (χ4n) is 6.63. The van der Waals surface area contributed by atoms with E-state index in [4.69, 9.17) is 14.2 Å². The van der Waals surface area contributed by atoms with Crippen molar-refractivity contribution < 1.29 is 38.2 Å². The molecule has 0 saturated carbocycles. The lowest BCUT2D eigenvalue weighted by Gasteiger charge is -2.31. The number of hydrogen-bond donors (Lipinski definition) is 1. The lowest BCUT2D eigenvalue weighted by atomic mass is 10.1. The summed E-state index contributed by atoms with van der Waals surface area (Å²) >= 11 is 0. The average molecular weight is 853 g/mol. The summed E-state index contributed by atoms with van der Waals surface area (Å²) in [6.07, 6.45) is 56.3. The number of unbranched alkanes of at least 4 members (excludes halogenated alkanes) is 14. The summed E-state index contributed by atoms with van der Waals surface area (Å²) in [7, 11) is 5.52. The van der Waals surface area contributed by atoms with Crippen molar-refractivity contribution in [2.45, 2.75) is 193 Å². The maximum absolute atomic E-state index is 12.7. The number of hydrogen-bond acceptors (Lipinski definition) is 6. The number of carbonyl (C=O) groups excluding carboxylic acids is 2. The summed E-state index contributed by atoms with van der Waals surface area (Å²) in [6, 6.07) is -0.622. The highest BCUT2D eigenvalue weighted by Gasteiger charge is 2.31. The smallest absolute Gasteiger partial charge is 0.362 e. The van der Waals surface area contributed by atoms with E-state index < -0.39 is 18.1 Å². The Kier molecular flexibility index (Phi) is 40.7. The molecular formula is C53H90NO7+. The van der Waals surface area contributed by atoms with E-state index in [0.29, 0.717) is 19.3 Å². The van der Waals surface area contributed by atoms with Crippen LogP contribution in [0.25, 0.3) is 0 Å². The van der Waals surface area contributed by atoms with Crippen LogP contribution in [0.3, 0.4) is 0 Å². The van der Waals surface area contributed by atoms with Gasteiger partial charge in [0.25, 0.3) is 0 Å². The van der Waals surface area contributed by atoms with E-state index in [9.17, 15) is 19.5 Å². The number of carboxylic acid groups (broad SMARTS) is 1. The summed E-state index contributed by atoms with van der Waals surface area (Å²) in [6.45, 7) is 4.49. The van der Waals surface area contributed by atoms with Crippen LogP contribution in [-0.4, -0.2) is 80.6 Å². The zero-order chi connectivity index (χ0) is 44.9. The van der Waals surface area contributed by atoms with Gasteiger partial charge in [-0.15, -0.1) is 0 Å². The second-order valence-electron chi connectivity index (χ2n) is 17.0. The summed E-state index contributed by atoms with van der Waals surface area (Å²) in [4.78, 5) is 37.1. The summed E-state index contributed by atoms with van der Waals surface area (Å²) in [5, 5.41) is 9.64. The van der Waals surface area contributed by atoms with Gasteiger partial charge >= 0.3 is 17.9 Å². The van der Waals surface area contributed by atoms with Gasteiger partial charge in [-0.1, -0.05) is 163 Å². The monoisotopic (exact) mass is 853 g/mol. The number of esters is 2. The van der Waals surface area contributed by atoms with Gasteiger partial charge in [0.05, 0.1) is 34.4 Å². The van der Waals surface area contributed by atoms with Crippen molar-refractivity contribution in [2.24, 2.45) is 0 Å². The Morgan fingerprint density at radius 3 is 1.28 bits per heavy atom. The first-order chi connectivity index (χ1) is 29.6. The van der Waals surface area contributed by atoms with Gasteiger partial charge in [0.15, 0.2) is 12.1 Å². The number of ether oxygens (including phenoxy) is 3. The number of quaternary nitrogens is 1. The van der Waals surface area contributed by atoms with E-state index >= 15 is 0 Å². The van der Waals surface area contributed by atoms with Crippen LogP contribution in [0.15, 0.2) is 85.1 Å². The predicted octanol–water partition coefficient (Wildman–Crippen LogP) is 13.7. The molecule has 0 spiro atoms. The van der Waals surface area contributed by atoms with E-state index in [-0.39, 0.29) is 36.2 Å². The third-order valence-electron chi connectivity index (χ3n) is 10.3. The number of carbonyl (C=O) groups is 3. The number of allylic oxidation sites excluding steroid dienone is 14. The zero-order valence-corrected chi connectivity index (χ0v) is 39.6. The van der Waals surface area contributed by atoms with Gasteiger partial charge in [0.2, 0.25) is 0 Å². The van der Waals surface area contributed by atoms with Crippen LogP contribution in [0, 0.1) is 0 Å². The van der Waals surface area contributed by atoms with Crippen LogP contribution in [0.2, 0.25) is 0 Å². The van der Waals surface area contributed by atoms with Crippen LogP contribution in [-0.2, 0) is 28.6 Å². The minimum Gasteiger partial charge on any atom is -0.477 e. The Morgan fingerprint density at radius 2 is 0.869 bits per heavy atom. The fraction of sp³-hybridized carbons (Fsp3) is 0.679. The summed E-state index contributed by atoms with van der Waals surface area (Å²) < 4.78 is 17.3. The Hall–Kier alpha value is -3.49. The Balaban J connectivity index is 4.29. The molecule has 0 heterocycles. The molecule has 0 aliphatic rings. The van der Waals surface area contributed by atoms with E-state index in [1.165, 1.54) is 51.4 Å². The Labute approximate surface area is 373 Å². The standard InChI is InChI=1S/C53H89NO7/c1-6-8-10-12-14-16-18-20-22-23-24-25-26-27-28-29-30-32-33-35-37-39-41-43-51(55)60-48-49(47-59-46-45-50(53(57)58)54(3,4)5)61-52(56)44-42-40-38-36-34-31-21-19-17-15-13-11-9-7-2/h8-11,14-17,20,22,24-25,27-28,49-50H,6-7,12-13,18-19,21,23,26,29-48H2,1-5H3/p+1/b10-8+,11-9+,16-14+,17-15+,22-20+,25-24+,28-27+. The molecule has 61 heavy (non-hydrogen) atoms. The van der Waals surface area contributed by atoms with Crippen molar-refractivity contribution in [2.75, 3.05) is 41.0 Å². The normalized spacial score (nSPS) is 13.7. The number of carboxylic acids is 1. The molecule has 0 amide bonds. The second-order valence-corrected chi connectivity index (χ2v) is 17.0. The third kappa shape index (κ3) is 41.6. The highest BCUT2D eigenvalue weighted by molar-refractivity contribution is 5.72.